The third kappa shape index (κ3) is 8.59. The number of amides is 1. The first-order valence-corrected chi connectivity index (χ1v) is 9.69. The zero-order valence-electron chi connectivity index (χ0n) is 17.9. The Balaban J connectivity index is 3.21. The zero-order chi connectivity index (χ0) is 21.8. The minimum absolute atomic E-state index is 0.0624. The van der Waals surface area contributed by atoms with E-state index in [1.807, 2.05) is 0 Å². The van der Waals surface area contributed by atoms with E-state index in [1.165, 1.54) is 5.01 Å². The predicted molar refractivity (Wildman–Crippen MR) is 116 cm³/mol. The number of hydrogen-bond donors (Lipinski definition) is 5. The Kier molecular flexibility index (Phi) is 10.9. The summed E-state index contributed by atoms with van der Waals surface area (Å²) < 4.78 is 11.8. The molecule has 0 saturated carbocycles. The summed E-state index contributed by atoms with van der Waals surface area (Å²) in [6, 6.07) is 3.36. The Morgan fingerprint density at radius 3 is 2.21 bits per heavy atom. The summed E-state index contributed by atoms with van der Waals surface area (Å²) in [6.45, 7) is 2.98. The van der Waals surface area contributed by atoms with E-state index in [-0.39, 0.29) is 25.7 Å². The molecule has 1 amide bonds. The van der Waals surface area contributed by atoms with Gasteiger partial charge in [0.2, 0.25) is 0 Å². The van der Waals surface area contributed by atoms with Crippen LogP contribution in [0.15, 0.2) is 12.1 Å². The van der Waals surface area contributed by atoms with Gasteiger partial charge in [0, 0.05) is 31.8 Å². The molecule has 0 spiro atoms. The molecular formula is C20H34N6O3. The molecule has 162 valence electrons. The van der Waals surface area contributed by atoms with E-state index < -0.39 is 0 Å². The molecule has 0 aromatic heterocycles. The number of rotatable bonds is 14. The van der Waals surface area contributed by atoms with E-state index >= 15 is 0 Å². The van der Waals surface area contributed by atoms with E-state index in [0.29, 0.717) is 41.5 Å². The second kappa shape index (κ2) is 12.9. The van der Waals surface area contributed by atoms with E-state index in [0.717, 1.165) is 18.4 Å². The van der Waals surface area contributed by atoms with Crippen LogP contribution in [0.4, 0.5) is 0 Å². The lowest BCUT2D eigenvalue weighted by atomic mass is 10.0. The van der Waals surface area contributed by atoms with Crippen molar-refractivity contribution in [2.24, 2.45) is 5.84 Å². The highest BCUT2D eigenvalue weighted by molar-refractivity contribution is 5.95. The van der Waals surface area contributed by atoms with Crippen molar-refractivity contribution in [1.82, 2.24) is 15.6 Å². The highest BCUT2D eigenvalue weighted by Gasteiger charge is 2.18. The van der Waals surface area contributed by atoms with Crippen molar-refractivity contribution < 1.29 is 14.3 Å². The van der Waals surface area contributed by atoms with Gasteiger partial charge in [-0.3, -0.25) is 10.6 Å². The van der Waals surface area contributed by atoms with Crippen LogP contribution in [0.5, 0.6) is 11.5 Å². The van der Waals surface area contributed by atoms with Crippen molar-refractivity contribution in [3.05, 3.63) is 23.3 Å². The van der Waals surface area contributed by atoms with Gasteiger partial charge in [-0.15, -0.1) is 0 Å². The predicted octanol–water partition coefficient (Wildman–Crippen LogP) is 1.21. The Morgan fingerprint density at radius 2 is 1.72 bits per heavy atom. The number of unbranched alkanes of at least 4 members (excludes halogenated alkanes) is 1. The van der Waals surface area contributed by atoms with Gasteiger partial charge in [0.25, 0.3) is 5.91 Å². The monoisotopic (exact) mass is 406 g/mol. The molecule has 0 radical (unpaired) electrons. The molecule has 0 bridgehead atoms. The molecule has 0 saturated heterocycles. The molecule has 0 aliphatic heterocycles. The molecule has 6 N–H and O–H groups in total. The van der Waals surface area contributed by atoms with E-state index in [9.17, 15) is 4.79 Å². The summed E-state index contributed by atoms with van der Waals surface area (Å²) in [7, 11) is 5.01. The topological polar surface area (TPSA) is 137 Å². The van der Waals surface area contributed by atoms with Gasteiger partial charge < -0.3 is 30.9 Å². The van der Waals surface area contributed by atoms with Crippen LogP contribution in [0.2, 0.25) is 0 Å². The fourth-order valence-corrected chi connectivity index (χ4v) is 2.69. The number of hydrazine groups is 1. The summed E-state index contributed by atoms with van der Waals surface area (Å²) in [5.74, 6) is 6.37. The maximum atomic E-state index is 12.2. The SMILES string of the molecule is CCCCc1c(OCC(=N)CNC)cc(C(=O)NC)cc1OCC(=N)CN(C)N. The smallest absolute Gasteiger partial charge is 0.251 e. The van der Waals surface area contributed by atoms with Gasteiger partial charge in [0.1, 0.15) is 24.7 Å². The molecule has 0 heterocycles. The van der Waals surface area contributed by atoms with Crippen molar-refractivity contribution in [3.8, 4) is 11.5 Å². The van der Waals surface area contributed by atoms with Crippen molar-refractivity contribution in [2.45, 2.75) is 26.2 Å². The number of carbonyl (C=O) groups excluding carboxylic acids is 1. The molecule has 29 heavy (non-hydrogen) atoms. The molecule has 1 aromatic rings. The van der Waals surface area contributed by atoms with E-state index in [1.54, 1.807) is 33.3 Å². The number of nitrogens with two attached hydrogens (primary N) is 1. The fraction of sp³-hybridized carbons (Fsp3) is 0.550. The summed E-state index contributed by atoms with van der Waals surface area (Å²) in [5.41, 5.74) is 1.96. The van der Waals surface area contributed by atoms with Crippen LogP contribution in [0.1, 0.15) is 35.7 Å². The van der Waals surface area contributed by atoms with Crippen LogP contribution in [0.3, 0.4) is 0 Å². The minimum atomic E-state index is -0.260. The normalized spacial score (nSPS) is 10.7. The Bertz CT molecular complexity index is 706. The third-order valence-electron chi connectivity index (χ3n) is 4.07. The van der Waals surface area contributed by atoms with E-state index in [4.69, 9.17) is 26.1 Å². The third-order valence-corrected chi connectivity index (χ3v) is 4.07. The number of ether oxygens (including phenoxy) is 2. The first-order chi connectivity index (χ1) is 13.8. The fourth-order valence-electron chi connectivity index (χ4n) is 2.69. The van der Waals surface area contributed by atoms with Gasteiger partial charge in [-0.05, 0) is 32.0 Å². The van der Waals surface area contributed by atoms with Crippen LogP contribution in [0.25, 0.3) is 0 Å². The zero-order valence-corrected chi connectivity index (χ0v) is 17.9. The van der Waals surface area contributed by atoms with Gasteiger partial charge in [0.05, 0.1) is 18.0 Å². The molecule has 9 heteroatoms. The highest BCUT2D eigenvalue weighted by Crippen LogP contribution is 2.32. The van der Waals surface area contributed by atoms with Gasteiger partial charge in [-0.25, -0.2) is 5.01 Å². The number of nitrogens with zero attached hydrogens (tertiary/aromatic N) is 1. The van der Waals surface area contributed by atoms with Crippen LogP contribution >= 0.6 is 0 Å². The molecule has 0 unspecified atom stereocenters. The highest BCUT2D eigenvalue weighted by atomic mass is 16.5. The molecule has 0 atom stereocenters. The average Bonchev–Trinajstić information content (AvgIpc) is 2.68. The van der Waals surface area contributed by atoms with Crippen molar-refractivity contribution in [2.75, 3.05) is 47.4 Å². The second-order valence-electron chi connectivity index (χ2n) is 6.86. The van der Waals surface area contributed by atoms with Gasteiger partial charge >= 0.3 is 0 Å². The summed E-state index contributed by atoms with van der Waals surface area (Å²) in [6.07, 6.45) is 2.61. The van der Waals surface area contributed by atoms with Gasteiger partial charge in [-0.2, -0.15) is 0 Å². The first kappa shape index (κ1) is 24.5. The van der Waals surface area contributed by atoms with Crippen molar-refractivity contribution >= 4 is 17.3 Å². The summed E-state index contributed by atoms with van der Waals surface area (Å²) in [5, 5.41) is 22.9. The molecule has 0 aliphatic rings. The molecule has 0 fully saturated rings. The Labute approximate surface area is 172 Å². The Morgan fingerprint density at radius 1 is 1.14 bits per heavy atom. The number of nitrogens with one attached hydrogen (secondary N) is 4. The maximum absolute atomic E-state index is 12.2. The van der Waals surface area contributed by atoms with Crippen LogP contribution < -0.4 is 25.9 Å². The summed E-state index contributed by atoms with van der Waals surface area (Å²) >= 11 is 0. The molecule has 0 aliphatic carbocycles. The van der Waals surface area contributed by atoms with Gasteiger partial charge in [-0.1, -0.05) is 13.3 Å². The molecule has 9 nitrogen and oxygen atoms in total. The van der Waals surface area contributed by atoms with Gasteiger partial charge in [0.15, 0.2) is 0 Å². The standard InChI is InChI=1S/C20H34N6O3/c1-5-6-7-17-18(28-12-15(21)10-24-2)8-14(20(27)25-3)9-19(17)29-13-16(22)11-26(4)23/h8-9,21-22,24H,5-7,10-13,23H2,1-4H3,(H,25,27). The largest absolute Gasteiger partial charge is 0.487 e. The first-order valence-electron chi connectivity index (χ1n) is 9.69. The van der Waals surface area contributed by atoms with Crippen LogP contribution in [-0.4, -0.2) is 69.8 Å². The summed E-state index contributed by atoms with van der Waals surface area (Å²) in [4.78, 5) is 12.2. The molecule has 1 rings (SSSR count). The number of benzene rings is 1. The molecular weight excluding hydrogens is 372 g/mol. The minimum Gasteiger partial charge on any atom is -0.487 e. The lowest BCUT2D eigenvalue weighted by Crippen LogP contribution is -2.34. The van der Waals surface area contributed by atoms with Crippen LogP contribution in [-0.2, 0) is 6.42 Å². The van der Waals surface area contributed by atoms with Crippen molar-refractivity contribution in [3.63, 3.8) is 0 Å². The quantitative estimate of drug-likeness (QED) is 0.179. The average molecular weight is 407 g/mol. The maximum Gasteiger partial charge on any atom is 0.251 e. The Hall–Kier alpha value is -2.49. The lowest BCUT2D eigenvalue weighted by Gasteiger charge is -2.19. The van der Waals surface area contributed by atoms with Crippen LogP contribution in [0, 0.1) is 10.8 Å². The van der Waals surface area contributed by atoms with E-state index in [2.05, 4.69) is 17.6 Å². The number of hydrogen-bond acceptors (Lipinski definition) is 8. The second-order valence-corrected chi connectivity index (χ2v) is 6.86. The van der Waals surface area contributed by atoms with Crippen molar-refractivity contribution in [1.29, 1.82) is 10.8 Å². The lowest BCUT2D eigenvalue weighted by molar-refractivity contribution is 0.0962. The number of carbonyl (C=O) groups is 1. The molecule has 1 aromatic carbocycles.